The fraction of sp³-hybridized carbons (Fsp3) is 0.310. The molecule has 41 heavy (non-hydrogen) atoms. The molecular formula is C29H32Cl3N3O5S. The van der Waals surface area contributed by atoms with E-state index < -0.39 is 28.5 Å². The molecule has 1 N–H and O–H groups in total. The summed E-state index contributed by atoms with van der Waals surface area (Å²) in [6.07, 6.45) is 1.65. The lowest BCUT2D eigenvalue weighted by Crippen LogP contribution is -2.51. The molecule has 3 aromatic rings. The fourth-order valence-electron chi connectivity index (χ4n) is 4.03. The van der Waals surface area contributed by atoms with E-state index in [1.165, 1.54) is 42.3 Å². The molecule has 220 valence electrons. The van der Waals surface area contributed by atoms with Crippen molar-refractivity contribution in [1.82, 2.24) is 10.2 Å². The standard InChI is InChI=1S/C29H32Cl3N3O5S/c1-4-5-16-33-29(37)20(2)34(18-23-24(30)12-9-13-25(23)31)28(36)19-35(21-14-15-27(40-3)26(32)17-21)41(38,39)22-10-7-6-8-11-22/h6-15,17,20H,4-5,16,18-19H2,1-3H3,(H,33,37)/t20-/m1/s1. The van der Waals surface area contributed by atoms with E-state index in [1.807, 2.05) is 6.92 Å². The van der Waals surface area contributed by atoms with Crippen molar-refractivity contribution in [2.24, 2.45) is 0 Å². The van der Waals surface area contributed by atoms with Gasteiger partial charge < -0.3 is 15.0 Å². The number of nitrogens with one attached hydrogen (secondary N) is 1. The van der Waals surface area contributed by atoms with Crippen LogP contribution in [0.1, 0.15) is 32.3 Å². The highest BCUT2D eigenvalue weighted by Crippen LogP contribution is 2.32. The van der Waals surface area contributed by atoms with Crippen LogP contribution in [0.5, 0.6) is 5.75 Å². The van der Waals surface area contributed by atoms with E-state index in [0.717, 1.165) is 17.1 Å². The van der Waals surface area contributed by atoms with Gasteiger partial charge >= 0.3 is 0 Å². The minimum absolute atomic E-state index is 0.0224. The Morgan fingerprint density at radius 1 is 0.951 bits per heavy atom. The molecule has 3 aromatic carbocycles. The van der Waals surface area contributed by atoms with Gasteiger partial charge in [-0.1, -0.05) is 72.4 Å². The third-order valence-electron chi connectivity index (χ3n) is 6.42. The van der Waals surface area contributed by atoms with Gasteiger partial charge in [0.15, 0.2) is 0 Å². The molecule has 0 saturated carbocycles. The number of ether oxygens (including phenoxy) is 1. The van der Waals surface area contributed by atoms with Crippen molar-refractivity contribution >= 4 is 62.3 Å². The van der Waals surface area contributed by atoms with E-state index in [4.69, 9.17) is 39.5 Å². The lowest BCUT2D eigenvalue weighted by molar-refractivity contribution is -0.139. The Kier molecular flexibility index (Phi) is 11.7. The van der Waals surface area contributed by atoms with Crippen LogP contribution in [0.2, 0.25) is 15.1 Å². The molecule has 0 unspecified atom stereocenters. The Morgan fingerprint density at radius 3 is 2.20 bits per heavy atom. The fourth-order valence-corrected chi connectivity index (χ4v) is 6.23. The van der Waals surface area contributed by atoms with E-state index in [0.29, 0.717) is 27.9 Å². The number of hydrogen-bond acceptors (Lipinski definition) is 5. The van der Waals surface area contributed by atoms with Crippen molar-refractivity contribution in [1.29, 1.82) is 0 Å². The second-order valence-corrected chi connectivity index (χ2v) is 12.3. The molecule has 0 aromatic heterocycles. The number of carbonyl (C=O) groups is 2. The first-order chi connectivity index (χ1) is 19.5. The average molecular weight is 641 g/mol. The summed E-state index contributed by atoms with van der Waals surface area (Å²) in [6, 6.07) is 16.1. The summed E-state index contributed by atoms with van der Waals surface area (Å²) < 4.78 is 33.9. The van der Waals surface area contributed by atoms with E-state index in [2.05, 4.69) is 5.32 Å². The van der Waals surface area contributed by atoms with Gasteiger partial charge in [-0.2, -0.15) is 0 Å². The Morgan fingerprint density at radius 2 is 1.61 bits per heavy atom. The van der Waals surface area contributed by atoms with E-state index >= 15 is 0 Å². The second-order valence-electron chi connectivity index (χ2n) is 9.19. The van der Waals surface area contributed by atoms with Gasteiger partial charge in [0, 0.05) is 28.7 Å². The minimum Gasteiger partial charge on any atom is -0.495 e. The summed E-state index contributed by atoms with van der Waals surface area (Å²) >= 11 is 19.2. The topological polar surface area (TPSA) is 96.0 Å². The summed E-state index contributed by atoms with van der Waals surface area (Å²) in [5, 5.41) is 3.61. The number of halogens is 3. The van der Waals surface area contributed by atoms with Crippen molar-refractivity contribution in [2.45, 2.75) is 44.2 Å². The van der Waals surface area contributed by atoms with Crippen LogP contribution in [0.4, 0.5) is 5.69 Å². The highest BCUT2D eigenvalue weighted by atomic mass is 35.5. The molecule has 0 heterocycles. The number of hydrogen-bond donors (Lipinski definition) is 1. The van der Waals surface area contributed by atoms with Crippen LogP contribution < -0.4 is 14.4 Å². The van der Waals surface area contributed by atoms with Crippen LogP contribution in [-0.2, 0) is 26.2 Å². The first kappa shape index (κ1) is 32.5. The zero-order chi connectivity index (χ0) is 30.2. The number of methoxy groups -OCH3 is 1. The molecule has 0 radical (unpaired) electrons. The Bertz CT molecular complexity index is 1450. The lowest BCUT2D eigenvalue weighted by atomic mass is 10.1. The number of rotatable bonds is 13. The molecular weight excluding hydrogens is 609 g/mol. The predicted molar refractivity (Wildman–Crippen MR) is 163 cm³/mol. The predicted octanol–water partition coefficient (Wildman–Crippen LogP) is 6.18. The van der Waals surface area contributed by atoms with Gasteiger partial charge in [-0.3, -0.25) is 13.9 Å². The molecule has 0 spiro atoms. The molecule has 2 amide bonds. The summed E-state index contributed by atoms with van der Waals surface area (Å²) in [7, 11) is -2.80. The quantitative estimate of drug-likeness (QED) is 0.225. The largest absolute Gasteiger partial charge is 0.495 e. The van der Waals surface area contributed by atoms with Crippen LogP contribution in [0.3, 0.4) is 0 Å². The molecule has 0 bridgehead atoms. The van der Waals surface area contributed by atoms with Gasteiger partial charge in [0.2, 0.25) is 11.8 Å². The van der Waals surface area contributed by atoms with E-state index in [9.17, 15) is 18.0 Å². The van der Waals surface area contributed by atoms with Crippen LogP contribution in [-0.4, -0.2) is 51.4 Å². The zero-order valence-corrected chi connectivity index (χ0v) is 26.0. The minimum atomic E-state index is -4.24. The maximum atomic E-state index is 14.0. The molecule has 0 aliphatic rings. The van der Waals surface area contributed by atoms with Crippen LogP contribution in [0.15, 0.2) is 71.6 Å². The Hall–Kier alpha value is -2.98. The normalized spacial score (nSPS) is 12.0. The number of nitrogens with zero attached hydrogens (tertiary/aromatic N) is 2. The molecule has 8 nitrogen and oxygen atoms in total. The van der Waals surface area contributed by atoms with E-state index in [1.54, 1.807) is 43.3 Å². The summed E-state index contributed by atoms with van der Waals surface area (Å²) in [5.41, 5.74) is 0.575. The van der Waals surface area contributed by atoms with Gasteiger partial charge in [0.05, 0.1) is 22.7 Å². The average Bonchev–Trinajstić information content (AvgIpc) is 2.95. The summed E-state index contributed by atoms with van der Waals surface area (Å²) in [5.74, 6) is -0.698. The molecule has 0 fully saturated rings. The third kappa shape index (κ3) is 8.07. The van der Waals surface area contributed by atoms with Crippen molar-refractivity contribution < 1.29 is 22.7 Å². The Labute approximate surface area is 256 Å². The monoisotopic (exact) mass is 639 g/mol. The third-order valence-corrected chi connectivity index (χ3v) is 9.21. The molecule has 0 aliphatic carbocycles. The van der Waals surface area contributed by atoms with Crippen molar-refractivity contribution in [3.63, 3.8) is 0 Å². The number of unbranched alkanes of at least 4 members (excludes halogenated alkanes) is 1. The first-order valence-corrected chi connectivity index (χ1v) is 15.5. The maximum absolute atomic E-state index is 14.0. The van der Waals surface area contributed by atoms with E-state index in [-0.39, 0.29) is 28.1 Å². The molecule has 1 atom stereocenters. The number of benzene rings is 3. The van der Waals surface area contributed by atoms with Gasteiger partial charge in [-0.15, -0.1) is 0 Å². The SMILES string of the molecule is CCCCNC(=O)[C@@H](C)N(Cc1c(Cl)cccc1Cl)C(=O)CN(c1ccc(OC)c(Cl)c1)S(=O)(=O)c1ccccc1. The molecule has 0 saturated heterocycles. The second kappa shape index (κ2) is 14.8. The lowest BCUT2D eigenvalue weighted by Gasteiger charge is -2.32. The number of anilines is 1. The van der Waals surface area contributed by atoms with Gasteiger partial charge in [-0.05, 0) is 55.8 Å². The van der Waals surface area contributed by atoms with Gasteiger partial charge in [0.25, 0.3) is 10.0 Å². The van der Waals surface area contributed by atoms with Gasteiger partial charge in [-0.25, -0.2) is 8.42 Å². The first-order valence-electron chi connectivity index (χ1n) is 12.9. The zero-order valence-electron chi connectivity index (χ0n) is 22.9. The number of sulfonamides is 1. The molecule has 0 aliphatic heterocycles. The maximum Gasteiger partial charge on any atom is 0.264 e. The molecule has 3 rings (SSSR count). The summed E-state index contributed by atoms with van der Waals surface area (Å²) in [4.78, 5) is 28.3. The highest BCUT2D eigenvalue weighted by Gasteiger charge is 2.33. The molecule has 12 heteroatoms. The Balaban J connectivity index is 2.06. The van der Waals surface area contributed by atoms with Crippen molar-refractivity contribution in [2.75, 3.05) is 24.5 Å². The number of amides is 2. The smallest absolute Gasteiger partial charge is 0.264 e. The van der Waals surface area contributed by atoms with Gasteiger partial charge in [0.1, 0.15) is 18.3 Å². The summed E-state index contributed by atoms with van der Waals surface area (Å²) in [6.45, 7) is 3.26. The number of carbonyl (C=O) groups excluding carboxylic acids is 2. The van der Waals surface area contributed by atoms with Crippen LogP contribution in [0.25, 0.3) is 0 Å². The van der Waals surface area contributed by atoms with Crippen LogP contribution in [0, 0.1) is 0 Å². The van der Waals surface area contributed by atoms with Crippen molar-refractivity contribution in [3.8, 4) is 5.75 Å². The van der Waals surface area contributed by atoms with Crippen LogP contribution >= 0.6 is 34.8 Å². The highest BCUT2D eigenvalue weighted by molar-refractivity contribution is 7.92. The van der Waals surface area contributed by atoms with Crippen molar-refractivity contribution in [3.05, 3.63) is 87.4 Å².